The molecule has 0 aliphatic carbocycles. The van der Waals surface area contributed by atoms with Gasteiger partial charge in [-0.3, -0.25) is 9.59 Å². The largest absolute Gasteiger partial charge is 0.481 e. The van der Waals surface area contributed by atoms with Crippen molar-refractivity contribution in [2.75, 3.05) is 5.75 Å². The molecule has 1 unspecified atom stereocenters. The highest BCUT2D eigenvalue weighted by molar-refractivity contribution is 8.00. The van der Waals surface area contributed by atoms with Gasteiger partial charge < -0.3 is 10.2 Å². The summed E-state index contributed by atoms with van der Waals surface area (Å²) >= 11 is 0.964. The molecule has 0 radical (unpaired) electrons. The lowest BCUT2D eigenvalue weighted by Crippen LogP contribution is -2.13. The van der Waals surface area contributed by atoms with Gasteiger partial charge in [0, 0.05) is 0 Å². The van der Waals surface area contributed by atoms with Crippen molar-refractivity contribution in [3.8, 4) is 0 Å². The zero-order chi connectivity index (χ0) is 19.9. The van der Waals surface area contributed by atoms with Crippen molar-refractivity contribution in [2.24, 2.45) is 0 Å². The molecule has 1 aromatic carbocycles. The fraction of sp³-hybridized carbons (Fsp3) is 0.636. The molecule has 0 aromatic heterocycles. The molecule has 0 heterocycles. The van der Waals surface area contributed by atoms with Gasteiger partial charge >= 0.3 is 11.9 Å². The maximum absolute atomic E-state index is 11.6. The predicted molar refractivity (Wildman–Crippen MR) is 112 cm³/mol. The molecule has 27 heavy (non-hydrogen) atoms. The monoisotopic (exact) mass is 394 g/mol. The van der Waals surface area contributed by atoms with E-state index in [1.165, 1.54) is 51.4 Å². The summed E-state index contributed by atoms with van der Waals surface area (Å²) in [7, 11) is 0. The third kappa shape index (κ3) is 10.4. The number of rotatable bonds is 16. The summed E-state index contributed by atoms with van der Waals surface area (Å²) in [5, 5.41) is 17.5. The molecule has 1 aromatic rings. The Morgan fingerprint density at radius 1 is 0.889 bits per heavy atom. The van der Waals surface area contributed by atoms with Crippen LogP contribution in [0.2, 0.25) is 0 Å². The molecule has 2 N–H and O–H groups in total. The van der Waals surface area contributed by atoms with Crippen molar-refractivity contribution in [3.05, 3.63) is 35.4 Å². The molecular weight excluding hydrogens is 360 g/mol. The number of aliphatic carboxylic acids is 2. The topological polar surface area (TPSA) is 74.6 Å². The Kier molecular flexibility index (Phi) is 12.7. The van der Waals surface area contributed by atoms with Gasteiger partial charge in [-0.15, -0.1) is 11.8 Å². The van der Waals surface area contributed by atoms with Crippen LogP contribution in [0.3, 0.4) is 0 Å². The smallest absolute Gasteiger partial charge is 0.321 e. The van der Waals surface area contributed by atoms with Gasteiger partial charge in [0.05, 0.1) is 5.75 Å². The summed E-state index contributed by atoms with van der Waals surface area (Å²) in [6.07, 6.45) is 13.6. The molecule has 1 rings (SSSR count). The highest BCUT2D eigenvalue weighted by Gasteiger charge is 2.23. The SMILES string of the molecule is CCCCCCCCCCCCc1ccccc1C(SCC(=O)O)C(=O)O. The number of hydrogen-bond acceptors (Lipinski definition) is 3. The zero-order valence-electron chi connectivity index (χ0n) is 16.5. The number of thioether (sulfide) groups is 1. The molecule has 1 atom stereocenters. The summed E-state index contributed by atoms with van der Waals surface area (Å²) in [6.45, 7) is 2.24. The maximum atomic E-state index is 11.6. The van der Waals surface area contributed by atoms with Crippen LogP contribution >= 0.6 is 11.8 Å². The Bertz CT molecular complexity index is 559. The van der Waals surface area contributed by atoms with Crippen LogP contribution in [0.5, 0.6) is 0 Å². The first kappa shape index (κ1) is 23.5. The average molecular weight is 395 g/mol. The normalized spacial score (nSPS) is 12.0. The van der Waals surface area contributed by atoms with Crippen LogP contribution in [0.4, 0.5) is 0 Å². The van der Waals surface area contributed by atoms with Gasteiger partial charge in [-0.25, -0.2) is 0 Å². The lowest BCUT2D eigenvalue weighted by atomic mass is 9.98. The van der Waals surface area contributed by atoms with Crippen LogP contribution < -0.4 is 0 Å². The van der Waals surface area contributed by atoms with E-state index >= 15 is 0 Å². The second-order valence-corrected chi connectivity index (χ2v) is 8.15. The van der Waals surface area contributed by atoms with Crippen molar-refractivity contribution in [1.29, 1.82) is 0 Å². The Labute approximate surface area is 167 Å². The number of carboxylic acid groups (broad SMARTS) is 2. The lowest BCUT2D eigenvalue weighted by molar-refractivity contribution is -0.136. The van der Waals surface area contributed by atoms with E-state index in [-0.39, 0.29) is 5.75 Å². The molecule has 0 saturated carbocycles. The van der Waals surface area contributed by atoms with Crippen molar-refractivity contribution in [2.45, 2.75) is 82.8 Å². The molecule has 0 aliphatic rings. The highest BCUT2D eigenvalue weighted by Crippen LogP contribution is 2.32. The van der Waals surface area contributed by atoms with E-state index in [1.54, 1.807) is 0 Å². The van der Waals surface area contributed by atoms with E-state index in [0.29, 0.717) is 0 Å². The summed E-state index contributed by atoms with van der Waals surface area (Å²) in [5.41, 5.74) is 1.77. The predicted octanol–water partition coefficient (Wildman–Crippen LogP) is 6.09. The minimum absolute atomic E-state index is 0.205. The molecule has 0 saturated heterocycles. The average Bonchev–Trinajstić information content (AvgIpc) is 2.64. The van der Waals surface area contributed by atoms with Crippen LogP contribution in [0.1, 0.15) is 87.5 Å². The van der Waals surface area contributed by atoms with Crippen LogP contribution in [0.25, 0.3) is 0 Å². The Morgan fingerprint density at radius 2 is 1.44 bits per heavy atom. The second-order valence-electron chi connectivity index (χ2n) is 7.05. The zero-order valence-corrected chi connectivity index (χ0v) is 17.3. The molecule has 0 spiro atoms. The summed E-state index contributed by atoms with van der Waals surface area (Å²) < 4.78 is 0. The molecule has 152 valence electrons. The van der Waals surface area contributed by atoms with E-state index in [0.717, 1.165) is 42.2 Å². The van der Waals surface area contributed by atoms with Crippen LogP contribution in [0.15, 0.2) is 24.3 Å². The van der Waals surface area contributed by atoms with Gasteiger partial charge in [-0.05, 0) is 24.0 Å². The second kappa shape index (κ2) is 14.6. The summed E-state index contributed by atoms with van der Waals surface area (Å²) in [4.78, 5) is 22.4. The first-order chi connectivity index (χ1) is 13.1. The van der Waals surface area contributed by atoms with Gasteiger partial charge in [0.25, 0.3) is 0 Å². The van der Waals surface area contributed by atoms with Gasteiger partial charge in [0.2, 0.25) is 0 Å². The number of hydrogen-bond donors (Lipinski definition) is 2. The van der Waals surface area contributed by atoms with Crippen molar-refractivity contribution >= 4 is 23.7 Å². The molecule has 0 amide bonds. The summed E-state index contributed by atoms with van der Waals surface area (Å²) in [5.74, 6) is -2.17. The van der Waals surface area contributed by atoms with Crippen molar-refractivity contribution in [3.63, 3.8) is 0 Å². The van der Waals surface area contributed by atoms with Crippen molar-refractivity contribution < 1.29 is 19.8 Å². The van der Waals surface area contributed by atoms with E-state index in [2.05, 4.69) is 6.92 Å². The fourth-order valence-corrected chi connectivity index (χ4v) is 4.13. The lowest BCUT2D eigenvalue weighted by Gasteiger charge is -2.16. The number of carboxylic acids is 2. The minimum Gasteiger partial charge on any atom is -0.481 e. The van der Waals surface area contributed by atoms with E-state index in [9.17, 15) is 14.7 Å². The Hall–Kier alpha value is -1.49. The third-order valence-electron chi connectivity index (χ3n) is 4.73. The highest BCUT2D eigenvalue weighted by atomic mass is 32.2. The molecule has 5 heteroatoms. The van der Waals surface area contributed by atoms with Gasteiger partial charge in [-0.1, -0.05) is 89.0 Å². The number of unbranched alkanes of at least 4 members (excludes halogenated alkanes) is 9. The molecule has 0 fully saturated rings. The third-order valence-corrected chi connectivity index (χ3v) is 5.94. The first-order valence-electron chi connectivity index (χ1n) is 10.2. The molecule has 0 bridgehead atoms. The van der Waals surface area contributed by atoms with E-state index in [1.807, 2.05) is 24.3 Å². The standard InChI is InChI=1S/C22H34O4S/c1-2-3-4-5-6-7-8-9-10-11-14-18-15-12-13-16-19(18)21(22(25)26)27-17-20(23)24/h12-13,15-16,21H,2-11,14,17H2,1H3,(H,23,24)(H,25,26). The first-order valence-corrected chi connectivity index (χ1v) is 11.2. The van der Waals surface area contributed by atoms with Gasteiger partial charge in [0.15, 0.2) is 0 Å². The van der Waals surface area contributed by atoms with Crippen LogP contribution in [-0.2, 0) is 16.0 Å². The molecule has 0 aliphatic heterocycles. The molecule has 4 nitrogen and oxygen atoms in total. The number of benzene rings is 1. The van der Waals surface area contributed by atoms with Gasteiger partial charge in [-0.2, -0.15) is 0 Å². The fourth-order valence-electron chi connectivity index (χ4n) is 3.27. The maximum Gasteiger partial charge on any atom is 0.321 e. The summed E-state index contributed by atoms with van der Waals surface area (Å²) in [6, 6.07) is 7.55. The van der Waals surface area contributed by atoms with Gasteiger partial charge in [0.1, 0.15) is 5.25 Å². The minimum atomic E-state index is -0.988. The number of aryl methyl sites for hydroxylation is 1. The Morgan fingerprint density at radius 3 is 2.00 bits per heavy atom. The van der Waals surface area contributed by atoms with Crippen LogP contribution in [-0.4, -0.2) is 27.9 Å². The Balaban J connectivity index is 2.38. The van der Waals surface area contributed by atoms with Crippen molar-refractivity contribution in [1.82, 2.24) is 0 Å². The van der Waals surface area contributed by atoms with E-state index in [4.69, 9.17) is 5.11 Å². The number of carbonyl (C=O) groups is 2. The quantitative estimate of drug-likeness (QED) is 0.332. The van der Waals surface area contributed by atoms with Crippen LogP contribution in [0, 0.1) is 0 Å². The molecular formula is C22H34O4S. The van der Waals surface area contributed by atoms with E-state index < -0.39 is 17.2 Å².